The van der Waals surface area contributed by atoms with Gasteiger partial charge in [-0.1, -0.05) is 69.0 Å². The highest BCUT2D eigenvalue weighted by Crippen LogP contribution is 2.54. The summed E-state index contributed by atoms with van der Waals surface area (Å²) in [6, 6.07) is 19.4. The van der Waals surface area contributed by atoms with Crippen LogP contribution in [0.5, 0.6) is 0 Å². The number of likely N-dealkylation sites (tertiary alicyclic amines) is 2. The first-order chi connectivity index (χ1) is 32.8. The van der Waals surface area contributed by atoms with Crippen molar-refractivity contribution in [2.45, 2.75) is 109 Å². The van der Waals surface area contributed by atoms with E-state index in [9.17, 15) is 19.2 Å². The van der Waals surface area contributed by atoms with E-state index in [0.717, 1.165) is 69.5 Å². The minimum Gasteiger partial charge on any atom is -0.453 e. The van der Waals surface area contributed by atoms with Gasteiger partial charge in [0.05, 0.1) is 62.3 Å². The van der Waals surface area contributed by atoms with E-state index in [2.05, 4.69) is 93.6 Å². The summed E-state index contributed by atoms with van der Waals surface area (Å²) in [5, 5.41) is 7.80. The number of hydrogen-bond acceptors (Lipinski definition) is 9. The Kier molecular flexibility index (Phi) is 13.3. The van der Waals surface area contributed by atoms with Gasteiger partial charge in [0.25, 0.3) is 0 Å². The summed E-state index contributed by atoms with van der Waals surface area (Å²) in [6.45, 7) is 12.1. The number of ether oxygens (including phenoxy) is 3. The molecule has 2 aromatic heterocycles. The number of alkyl carbamates (subject to hydrolysis) is 2. The standard InChI is InChI=1S/C53H62N8O7/c1-8-9-10-32-21-44(60(28-32)50(62)46(29(2)3)58-52(64)66-6)48-54-27-42(57-48)38-18-17-36-22-35(15-16-37(36)23-38)33-11-13-34(14-12-33)41-26-55-49(56-41)45-25-39-24-43(39)61(45)51(63)47(59-53(65)67-7)40-19-30(4)68-31(5)20-40/h9,11-18,22-23,26-27,29-32,39-40,43-47H,1,10,19-21,24-25,28H2,2-7H3,(H,54,57)(H,55,56)(H,58,64)(H,59,65)/t30-,31+,32-,39-,40?,43-,44+,45?,46+,47+/m1/s1. The van der Waals surface area contributed by atoms with Gasteiger partial charge in [-0.05, 0) is 122 Å². The van der Waals surface area contributed by atoms with Gasteiger partial charge in [-0.3, -0.25) is 9.59 Å². The molecule has 0 radical (unpaired) electrons. The number of aromatic nitrogens is 4. The van der Waals surface area contributed by atoms with Crippen LogP contribution in [0.3, 0.4) is 0 Å². The summed E-state index contributed by atoms with van der Waals surface area (Å²) >= 11 is 0. The van der Waals surface area contributed by atoms with E-state index in [0.29, 0.717) is 37.5 Å². The number of carbonyl (C=O) groups is 4. The van der Waals surface area contributed by atoms with Crippen molar-refractivity contribution in [3.05, 3.63) is 103 Å². The minimum absolute atomic E-state index is 0.0143. The van der Waals surface area contributed by atoms with E-state index in [1.807, 2.05) is 56.0 Å². The summed E-state index contributed by atoms with van der Waals surface area (Å²) < 4.78 is 15.8. The fourth-order valence-electron chi connectivity index (χ4n) is 10.9. The number of benzene rings is 3. The molecule has 0 bridgehead atoms. The van der Waals surface area contributed by atoms with Crippen molar-refractivity contribution < 1.29 is 33.4 Å². The fourth-order valence-corrected chi connectivity index (χ4v) is 10.9. The number of allylic oxidation sites excluding steroid dienone is 1. The Morgan fingerprint density at radius 1 is 0.779 bits per heavy atom. The van der Waals surface area contributed by atoms with Crippen molar-refractivity contribution in [1.82, 2.24) is 40.4 Å². The van der Waals surface area contributed by atoms with Gasteiger partial charge in [0.15, 0.2) is 0 Å². The lowest BCUT2D eigenvalue weighted by molar-refractivity contribution is -0.140. The van der Waals surface area contributed by atoms with Crippen LogP contribution in [0.4, 0.5) is 9.59 Å². The van der Waals surface area contributed by atoms with Crippen molar-refractivity contribution in [2.75, 3.05) is 20.8 Å². The van der Waals surface area contributed by atoms with Gasteiger partial charge >= 0.3 is 12.2 Å². The van der Waals surface area contributed by atoms with Gasteiger partial charge in [-0.25, -0.2) is 19.6 Å². The number of nitrogens with zero attached hydrogens (tertiary/aromatic N) is 4. The number of H-pyrrole nitrogens is 2. The highest BCUT2D eigenvalue weighted by atomic mass is 16.5. The molecule has 3 aliphatic heterocycles. The number of rotatable bonds is 13. The Hall–Kier alpha value is -6.70. The van der Waals surface area contributed by atoms with E-state index in [4.69, 9.17) is 24.2 Å². The summed E-state index contributed by atoms with van der Waals surface area (Å²) in [5.74, 6) is 1.59. The molecule has 15 heteroatoms. The van der Waals surface area contributed by atoms with Gasteiger partial charge in [-0.2, -0.15) is 0 Å². The van der Waals surface area contributed by atoms with Crippen molar-refractivity contribution in [2.24, 2.45) is 23.7 Å². The summed E-state index contributed by atoms with van der Waals surface area (Å²) in [5.41, 5.74) is 8.70. The molecule has 4 fully saturated rings. The number of imidazole rings is 2. The Labute approximate surface area is 397 Å². The summed E-state index contributed by atoms with van der Waals surface area (Å²) in [6.07, 6.45) is 8.88. The predicted molar refractivity (Wildman–Crippen MR) is 258 cm³/mol. The number of hydrogen-bond donors (Lipinski definition) is 4. The predicted octanol–water partition coefficient (Wildman–Crippen LogP) is 8.88. The van der Waals surface area contributed by atoms with Crippen LogP contribution in [-0.2, 0) is 23.8 Å². The highest BCUT2D eigenvalue weighted by molar-refractivity contribution is 5.91. The second-order valence-electron chi connectivity index (χ2n) is 19.5. The largest absolute Gasteiger partial charge is 0.453 e. The lowest BCUT2D eigenvalue weighted by atomic mass is 9.85. The lowest BCUT2D eigenvalue weighted by Crippen LogP contribution is -2.55. The van der Waals surface area contributed by atoms with E-state index in [1.165, 1.54) is 14.2 Å². The Morgan fingerprint density at radius 2 is 1.37 bits per heavy atom. The molecule has 3 aromatic carbocycles. The smallest absolute Gasteiger partial charge is 0.407 e. The molecule has 0 spiro atoms. The van der Waals surface area contributed by atoms with Crippen LogP contribution in [0.1, 0.15) is 90.0 Å². The molecule has 68 heavy (non-hydrogen) atoms. The third kappa shape index (κ3) is 9.55. The maximum absolute atomic E-state index is 14.5. The fraction of sp³-hybridized carbons (Fsp3) is 0.453. The van der Waals surface area contributed by atoms with Crippen LogP contribution >= 0.6 is 0 Å². The van der Waals surface area contributed by atoms with Gasteiger partial charge in [0.2, 0.25) is 11.8 Å². The molecule has 4 N–H and O–H groups in total. The average Bonchev–Trinajstić information content (AvgIpc) is 3.85. The third-order valence-electron chi connectivity index (χ3n) is 14.4. The Morgan fingerprint density at radius 3 is 2.01 bits per heavy atom. The quantitative estimate of drug-likeness (QED) is 0.0838. The molecule has 15 nitrogen and oxygen atoms in total. The van der Waals surface area contributed by atoms with Crippen LogP contribution < -0.4 is 10.6 Å². The zero-order valence-corrected chi connectivity index (χ0v) is 39.7. The molecule has 4 amide bonds. The maximum atomic E-state index is 14.5. The van der Waals surface area contributed by atoms with Crippen LogP contribution in [0.25, 0.3) is 44.4 Å². The average molecular weight is 923 g/mol. The summed E-state index contributed by atoms with van der Waals surface area (Å²) in [4.78, 5) is 73.7. The monoisotopic (exact) mass is 922 g/mol. The minimum atomic E-state index is -0.741. The first-order valence-corrected chi connectivity index (χ1v) is 23.9. The van der Waals surface area contributed by atoms with Crippen LogP contribution in [0, 0.1) is 23.7 Å². The molecule has 5 aromatic rings. The van der Waals surface area contributed by atoms with Crippen LogP contribution in [0.15, 0.2) is 91.4 Å². The summed E-state index contributed by atoms with van der Waals surface area (Å²) in [7, 11) is 2.62. The number of nitrogens with one attached hydrogen (secondary N) is 4. The molecule has 356 valence electrons. The number of fused-ring (bicyclic) bond motifs is 2. The second kappa shape index (κ2) is 19.5. The normalized spacial score (nSPS) is 25.0. The number of piperidine rings is 1. The molecule has 3 saturated heterocycles. The van der Waals surface area contributed by atoms with Gasteiger partial charge in [0.1, 0.15) is 23.7 Å². The van der Waals surface area contributed by atoms with Crippen molar-refractivity contribution in [3.63, 3.8) is 0 Å². The third-order valence-corrected chi connectivity index (χ3v) is 14.4. The molecule has 9 rings (SSSR count). The van der Waals surface area contributed by atoms with Gasteiger partial charge < -0.3 is 44.6 Å². The number of amides is 4. The first kappa shape index (κ1) is 46.4. The van der Waals surface area contributed by atoms with E-state index < -0.39 is 24.3 Å². The van der Waals surface area contributed by atoms with Gasteiger partial charge in [-0.15, -0.1) is 5.73 Å². The molecule has 4 aliphatic rings. The molecular weight excluding hydrogens is 861 g/mol. The topological polar surface area (TPSA) is 184 Å². The van der Waals surface area contributed by atoms with E-state index in [1.54, 1.807) is 0 Å². The van der Waals surface area contributed by atoms with Crippen LogP contribution in [-0.4, -0.2) is 105 Å². The molecule has 1 aliphatic carbocycles. The zero-order valence-electron chi connectivity index (χ0n) is 39.7. The molecular formula is C53H62N8O7. The highest BCUT2D eigenvalue weighted by Gasteiger charge is 2.57. The number of aromatic amines is 2. The van der Waals surface area contributed by atoms with Gasteiger partial charge in [0, 0.05) is 18.2 Å². The first-order valence-electron chi connectivity index (χ1n) is 23.9. The molecule has 10 atom stereocenters. The molecule has 1 saturated carbocycles. The molecule has 5 heterocycles. The van der Waals surface area contributed by atoms with Crippen molar-refractivity contribution in [3.8, 4) is 33.6 Å². The van der Waals surface area contributed by atoms with Crippen LogP contribution in [0.2, 0.25) is 0 Å². The number of methoxy groups -OCH3 is 2. The maximum Gasteiger partial charge on any atom is 0.407 e. The Bertz CT molecular complexity index is 2710. The number of carbonyl (C=O) groups excluding carboxylic acids is 4. The molecule has 2 unspecified atom stereocenters. The zero-order chi connectivity index (χ0) is 47.8. The van der Waals surface area contributed by atoms with Crippen molar-refractivity contribution >= 4 is 34.8 Å². The van der Waals surface area contributed by atoms with E-state index >= 15 is 0 Å². The second-order valence-corrected chi connectivity index (χ2v) is 19.5. The lowest BCUT2D eigenvalue weighted by Gasteiger charge is -2.38. The van der Waals surface area contributed by atoms with E-state index in [-0.39, 0.29) is 59.9 Å². The van der Waals surface area contributed by atoms with Crippen molar-refractivity contribution in [1.29, 1.82) is 0 Å². The SMILES string of the molecule is C=C=CC[C@@H]1C[C@@H](c2ncc(-c3ccc4cc(-c5ccc(-c6cnc(C7C[C@H]8C[C@H]8N7C(=O)[C@@H](NC(=O)OC)C7C[C@@H](C)O[C@@H](C)C7)[nH]6)cc5)ccc4c3)[nH]2)N(C(=O)[C@@H](NC(=O)OC)C(C)C)C1. The Balaban J connectivity index is 0.887.